The molecule has 0 fully saturated rings. The van der Waals surface area contributed by atoms with Crippen LogP contribution in [0.15, 0.2) is 24.3 Å². The van der Waals surface area contributed by atoms with Gasteiger partial charge in [-0.25, -0.2) is 4.79 Å². The number of carboxylic acids is 1. The summed E-state index contributed by atoms with van der Waals surface area (Å²) in [6, 6.07) is 6.04. The van der Waals surface area contributed by atoms with Gasteiger partial charge in [-0.05, 0) is 11.6 Å². The van der Waals surface area contributed by atoms with E-state index in [1.54, 1.807) is 12.1 Å². The number of hydrogen-bond acceptors (Lipinski definition) is 3. The molecule has 0 amide bonds. The van der Waals surface area contributed by atoms with Crippen LogP contribution in [0.1, 0.15) is 22.0 Å². The lowest BCUT2D eigenvalue weighted by atomic mass is 10.0. The van der Waals surface area contributed by atoms with E-state index in [1.807, 2.05) is 0 Å². The smallest absolute Gasteiger partial charge is 0.336 e. The molecule has 0 saturated heterocycles. The molecule has 3 N–H and O–H groups in total. The lowest BCUT2D eigenvalue weighted by Gasteiger charge is -2.09. The maximum atomic E-state index is 10.6. The van der Waals surface area contributed by atoms with Gasteiger partial charge in [0.1, 0.15) is 6.10 Å². The molecule has 1 atom stereocenters. The average molecular weight is 182 g/mol. The minimum absolute atomic E-state index is 0.0176. The van der Waals surface area contributed by atoms with Crippen LogP contribution in [-0.4, -0.2) is 27.9 Å². The van der Waals surface area contributed by atoms with Gasteiger partial charge in [-0.2, -0.15) is 0 Å². The van der Waals surface area contributed by atoms with E-state index >= 15 is 0 Å². The predicted octanol–water partition coefficient (Wildman–Crippen LogP) is 0.410. The van der Waals surface area contributed by atoms with Crippen molar-refractivity contribution in [2.45, 2.75) is 6.10 Å². The van der Waals surface area contributed by atoms with Crippen LogP contribution in [0.2, 0.25) is 0 Å². The Labute approximate surface area is 75.1 Å². The lowest BCUT2D eigenvalue weighted by molar-refractivity contribution is 0.0674. The minimum Gasteiger partial charge on any atom is -0.478 e. The first-order chi connectivity index (χ1) is 6.16. The van der Waals surface area contributed by atoms with Crippen molar-refractivity contribution < 1.29 is 20.1 Å². The number of hydrogen-bond donors (Lipinski definition) is 3. The highest BCUT2D eigenvalue weighted by atomic mass is 16.4. The number of carboxylic acid groups (broad SMARTS) is 1. The summed E-state index contributed by atoms with van der Waals surface area (Å²) in [6.07, 6.45) is -1.13. The molecule has 0 saturated carbocycles. The molecule has 4 heteroatoms. The Hall–Kier alpha value is -1.39. The van der Waals surface area contributed by atoms with E-state index in [-0.39, 0.29) is 11.1 Å². The number of aliphatic hydroxyl groups excluding tert-OH is 2. The van der Waals surface area contributed by atoms with Crippen molar-refractivity contribution in [3.05, 3.63) is 35.4 Å². The third-order valence-corrected chi connectivity index (χ3v) is 1.72. The summed E-state index contributed by atoms with van der Waals surface area (Å²) >= 11 is 0. The van der Waals surface area contributed by atoms with Crippen molar-refractivity contribution in [3.63, 3.8) is 0 Å². The van der Waals surface area contributed by atoms with E-state index in [0.717, 1.165) is 0 Å². The second-order valence-electron chi connectivity index (χ2n) is 2.59. The van der Waals surface area contributed by atoms with Crippen molar-refractivity contribution in [1.29, 1.82) is 0 Å². The maximum absolute atomic E-state index is 10.6. The Balaban J connectivity index is 3.11. The normalized spacial score (nSPS) is 12.5. The molecule has 0 aliphatic carbocycles. The van der Waals surface area contributed by atoms with Gasteiger partial charge in [0.15, 0.2) is 0 Å². The van der Waals surface area contributed by atoms with Crippen LogP contribution in [-0.2, 0) is 0 Å². The number of aromatic carboxylic acids is 1. The Morgan fingerprint density at radius 3 is 2.54 bits per heavy atom. The van der Waals surface area contributed by atoms with Gasteiger partial charge in [0.25, 0.3) is 0 Å². The van der Waals surface area contributed by atoms with Crippen LogP contribution in [0.4, 0.5) is 0 Å². The lowest BCUT2D eigenvalue weighted by Crippen LogP contribution is -2.09. The summed E-state index contributed by atoms with van der Waals surface area (Å²) in [5, 5.41) is 26.6. The van der Waals surface area contributed by atoms with Gasteiger partial charge in [0.2, 0.25) is 0 Å². The summed E-state index contributed by atoms with van der Waals surface area (Å²) in [7, 11) is 0. The summed E-state index contributed by atoms with van der Waals surface area (Å²) in [5.41, 5.74) is 0.251. The maximum Gasteiger partial charge on any atom is 0.336 e. The van der Waals surface area contributed by atoms with Crippen molar-refractivity contribution in [2.75, 3.05) is 6.61 Å². The van der Waals surface area contributed by atoms with Crippen LogP contribution in [0.25, 0.3) is 0 Å². The third-order valence-electron chi connectivity index (χ3n) is 1.72. The zero-order valence-corrected chi connectivity index (χ0v) is 6.84. The molecule has 4 nitrogen and oxygen atoms in total. The molecule has 1 aromatic carbocycles. The highest BCUT2D eigenvalue weighted by Gasteiger charge is 2.14. The third kappa shape index (κ3) is 2.05. The zero-order valence-electron chi connectivity index (χ0n) is 6.84. The van der Waals surface area contributed by atoms with E-state index in [0.29, 0.717) is 0 Å². The van der Waals surface area contributed by atoms with Gasteiger partial charge < -0.3 is 15.3 Å². The zero-order chi connectivity index (χ0) is 9.84. The first-order valence-electron chi connectivity index (χ1n) is 3.78. The fraction of sp³-hybridized carbons (Fsp3) is 0.222. The average Bonchev–Trinajstić information content (AvgIpc) is 2.16. The predicted molar refractivity (Wildman–Crippen MR) is 45.4 cm³/mol. The van der Waals surface area contributed by atoms with E-state index in [4.69, 9.17) is 10.2 Å². The highest BCUT2D eigenvalue weighted by molar-refractivity contribution is 5.89. The molecule has 1 unspecified atom stereocenters. The summed E-state index contributed by atoms with van der Waals surface area (Å²) in [6.45, 7) is -0.482. The summed E-state index contributed by atoms with van der Waals surface area (Å²) < 4.78 is 0. The highest BCUT2D eigenvalue weighted by Crippen LogP contribution is 2.17. The molecule has 0 aromatic heterocycles. The Morgan fingerprint density at radius 2 is 2.00 bits per heavy atom. The molecule has 0 aliphatic heterocycles. The number of aliphatic hydroxyl groups is 2. The quantitative estimate of drug-likeness (QED) is 0.632. The molecule has 1 rings (SSSR count). The first kappa shape index (κ1) is 9.70. The fourth-order valence-corrected chi connectivity index (χ4v) is 1.08. The van der Waals surface area contributed by atoms with Crippen molar-refractivity contribution in [1.82, 2.24) is 0 Å². The Morgan fingerprint density at radius 1 is 1.38 bits per heavy atom. The second-order valence-corrected chi connectivity index (χ2v) is 2.59. The topological polar surface area (TPSA) is 77.8 Å². The standard InChI is InChI=1S/C9H10O4/c10-5-8(11)6-3-1-2-4-7(6)9(12)13/h1-4,8,10-11H,5H2,(H,12,13). The molecule has 13 heavy (non-hydrogen) atoms. The van der Waals surface area contributed by atoms with Gasteiger partial charge in [0.05, 0.1) is 12.2 Å². The number of benzene rings is 1. The minimum atomic E-state index is -1.13. The van der Waals surface area contributed by atoms with Gasteiger partial charge in [-0.15, -0.1) is 0 Å². The van der Waals surface area contributed by atoms with E-state index in [2.05, 4.69) is 0 Å². The first-order valence-corrected chi connectivity index (χ1v) is 3.78. The monoisotopic (exact) mass is 182 g/mol. The summed E-state index contributed by atoms with van der Waals surface area (Å²) in [5.74, 6) is -1.11. The molecule has 0 aliphatic rings. The molecule has 0 bridgehead atoms. The molecular formula is C9H10O4. The van der Waals surface area contributed by atoms with Crippen molar-refractivity contribution in [3.8, 4) is 0 Å². The van der Waals surface area contributed by atoms with Gasteiger partial charge in [-0.1, -0.05) is 18.2 Å². The van der Waals surface area contributed by atoms with E-state index in [9.17, 15) is 9.90 Å². The molecule has 0 spiro atoms. The van der Waals surface area contributed by atoms with Crippen molar-refractivity contribution in [2.24, 2.45) is 0 Å². The molecule has 0 heterocycles. The molecule has 1 aromatic rings. The van der Waals surface area contributed by atoms with E-state index < -0.39 is 18.7 Å². The number of rotatable bonds is 3. The second kappa shape index (κ2) is 4.02. The fourth-order valence-electron chi connectivity index (χ4n) is 1.08. The van der Waals surface area contributed by atoms with Gasteiger partial charge in [-0.3, -0.25) is 0 Å². The van der Waals surface area contributed by atoms with E-state index in [1.165, 1.54) is 12.1 Å². The van der Waals surface area contributed by atoms with Crippen LogP contribution in [0.5, 0.6) is 0 Å². The Bertz CT molecular complexity index is 308. The number of carbonyl (C=O) groups is 1. The largest absolute Gasteiger partial charge is 0.478 e. The molecule has 70 valence electrons. The van der Waals surface area contributed by atoms with Gasteiger partial charge >= 0.3 is 5.97 Å². The van der Waals surface area contributed by atoms with Crippen LogP contribution >= 0.6 is 0 Å². The molecular weight excluding hydrogens is 172 g/mol. The van der Waals surface area contributed by atoms with Crippen LogP contribution < -0.4 is 0 Å². The van der Waals surface area contributed by atoms with Gasteiger partial charge in [0, 0.05) is 0 Å². The van der Waals surface area contributed by atoms with Crippen LogP contribution in [0.3, 0.4) is 0 Å². The van der Waals surface area contributed by atoms with Crippen molar-refractivity contribution >= 4 is 5.97 Å². The van der Waals surface area contributed by atoms with Crippen LogP contribution in [0, 0.1) is 0 Å². The SMILES string of the molecule is O=C(O)c1ccccc1C(O)CO. The summed E-state index contributed by atoms with van der Waals surface area (Å²) in [4.78, 5) is 10.6. The Kier molecular flexibility index (Phi) is 3.00. The molecule has 0 radical (unpaired) electrons.